The maximum absolute atomic E-state index is 11.4. The summed E-state index contributed by atoms with van der Waals surface area (Å²) in [5.41, 5.74) is 0.583. The highest BCUT2D eigenvalue weighted by atomic mass is 32.2. The Labute approximate surface area is 110 Å². The first-order chi connectivity index (χ1) is 8.68. The van der Waals surface area contributed by atoms with Gasteiger partial charge in [-0.25, -0.2) is 0 Å². The average molecular weight is 265 g/mol. The smallest absolute Gasteiger partial charge is 0.281 e. The topological polar surface area (TPSA) is 46.6 Å². The zero-order chi connectivity index (χ0) is 13.0. The average Bonchev–Trinajstić information content (AvgIpc) is 2.76. The van der Waals surface area contributed by atoms with Crippen molar-refractivity contribution in [2.75, 3.05) is 25.4 Å². The molecule has 0 radical (unpaired) electrons. The van der Waals surface area contributed by atoms with E-state index in [1.54, 1.807) is 17.0 Å². The number of carbonyl (C=O) groups is 2. The largest absolute Gasteiger partial charge is 0.491 e. The van der Waals surface area contributed by atoms with E-state index in [-0.39, 0.29) is 11.0 Å². The fraction of sp³-hybridized carbons (Fsp3) is 0.385. The van der Waals surface area contributed by atoms with Crippen molar-refractivity contribution in [1.29, 1.82) is 0 Å². The van der Waals surface area contributed by atoms with Crippen LogP contribution in [0.2, 0.25) is 0 Å². The van der Waals surface area contributed by atoms with Gasteiger partial charge < -0.3 is 9.64 Å². The number of nitrogens with zero attached hydrogens (tertiary/aromatic N) is 1. The minimum absolute atomic E-state index is 0.0154. The standard InChI is InChI=1S/C13H15NO3S/c1-10(15)11-4-2-3-5-12(11)17-8-6-14-7-9-18-13(14)16/h2-5H,6-9H2,1H3. The van der Waals surface area contributed by atoms with E-state index in [0.29, 0.717) is 24.5 Å². The summed E-state index contributed by atoms with van der Waals surface area (Å²) >= 11 is 1.34. The van der Waals surface area contributed by atoms with E-state index in [2.05, 4.69) is 0 Å². The zero-order valence-electron chi connectivity index (χ0n) is 10.2. The molecule has 1 aromatic rings. The van der Waals surface area contributed by atoms with Crippen molar-refractivity contribution in [2.45, 2.75) is 6.92 Å². The molecule has 18 heavy (non-hydrogen) atoms. The first kappa shape index (κ1) is 13.0. The van der Waals surface area contributed by atoms with E-state index in [9.17, 15) is 9.59 Å². The normalized spacial score (nSPS) is 14.9. The Kier molecular flexibility index (Phi) is 4.25. The summed E-state index contributed by atoms with van der Waals surface area (Å²) in [7, 11) is 0. The van der Waals surface area contributed by atoms with Crippen LogP contribution in [-0.4, -0.2) is 41.4 Å². The molecule has 0 atom stereocenters. The number of ether oxygens (including phenoxy) is 1. The lowest BCUT2D eigenvalue weighted by atomic mass is 10.1. The van der Waals surface area contributed by atoms with E-state index in [4.69, 9.17) is 4.74 Å². The first-order valence-electron chi connectivity index (χ1n) is 5.83. The fourth-order valence-electron chi connectivity index (χ4n) is 1.78. The Bertz CT molecular complexity index is 461. The number of Topliss-reactive ketones (excluding diaryl/α,β-unsaturated/α-hetero) is 1. The summed E-state index contributed by atoms with van der Waals surface area (Å²) in [5, 5.41) is 0.110. The molecule has 1 aliphatic rings. The Morgan fingerprint density at radius 1 is 1.44 bits per heavy atom. The summed E-state index contributed by atoms with van der Waals surface area (Å²) in [6, 6.07) is 7.16. The van der Waals surface area contributed by atoms with E-state index < -0.39 is 0 Å². The second kappa shape index (κ2) is 5.91. The lowest BCUT2D eigenvalue weighted by Gasteiger charge is -2.15. The van der Waals surface area contributed by atoms with Crippen LogP contribution in [0.1, 0.15) is 17.3 Å². The first-order valence-corrected chi connectivity index (χ1v) is 6.81. The van der Waals surface area contributed by atoms with Crippen molar-refractivity contribution >= 4 is 22.8 Å². The Hall–Kier alpha value is -1.49. The fourth-order valence-corrected chi connectivity index (χ4v) is 2.63. The summed E-state index contributed by atoms with van der Waals surface area (Å²) in [6.07, 6.45) is 0. The van der Waals surface area contributed by atoms with Crippen LogP contribution in [0.5, 0.6) is 5.75 Å². The molecule has 1 amide bonds. The lowest BCUT2D eigenvalue weighted by Crippen LogP contribution is -2.28. The van der Waals surface area contributed by atoms with E-state index in [1.807, 2.05) is 12.1 Å². The molecule has 0 spiro atoms. The lowest BCUT2D eigenvalue weighted by molar-refractivity contribution is 0.101. The van der Waals surface area contributed by atoms with Gasteiger partial charge in [-0.05, 0) is 19.1 Å². The molecular formula is C13H15NO3S. The third kappa shape index (κ3) is 3.04. The van der Waals surface area contributed by atoms with Gasteiger partial charge in [-0.2, -0.15) is 0 Å². The minimum atomic E-state index is -0.0154. The maximum atomic E-state index is 11.4. The Morgan fingerprint density at radius 2 is 2.22 bits per heavy atom. The molecule has 4 nitrogen and oxygen atoms in total. The van der Waals surface area contributed by atoms with Crippen LogP contribution in [0.4, 0.5) is 4.79 Å². The second-order valence-corrected chi connectivity index (χ2v) is 5.05. The predicted octanol–water partition coefficient (Wildman–Crippen LogP) is 2.44. The van der Waals surface area contributed by atoms with Gasteiger partial charge in [0, 0.05) is 12.3 Å². The monoisotopic (exact) mass is 265 g/mol. The molecule has 0 unspecified atom stereocenters. The molecule has 96 valence electrons. The number of para-hydroxylation sites is 1. The molecule has 0 bridgehead atoms. The van der Waals surface area contributed by atoms with Crippen molar-refractivity contribution < 1.29 is 14.3 Å². The van der Waals surface area contributed by atoms with Crippen molar-refractivity contribution in [3.05, 3.63) is 29.8 Å². The molecule has 0 aromatic heterocycles. The van der Waals surface area contributed by atoms with E-state index in [1.165, 1.54) is 18.7 Å². The van der Waals surface area contributed by atoms with Gasteiger partial charge in [0.15, 0.2) is 5.78 Å². The third-order valence-electron chi connectivity index (χ3n) is 2.73. The van der Waals surface area contributed by atoms with Crippen molar-refractivity contribution in [3.63, 3.8) is 0 Å². The van der Waals surface area contributed by atoms with E-state index in [0.717, 1.165) is 12.3 Å². The molecule has 1 saturated heterocycles. The number of thioether (sulfide) groups is 1. The molecule has 1 aliphatic heterocycles. The highest BCUT2D eigenvalue weighted by Gasteiger charge is 2.20. The SMILES string of the molecule is CC(=O)c1ccccc1OCCN1CCSC1=O. The number of ketones is 1. The number of hydrogen-bond donors (Lipinski definition) is 0. The summed E-state index contributed by atoms with van der Waals surface area (Å²) in [6.45, 7) is 3.28. The summed E-state index contributed by atoms with van der Waals surface area (Å²) in [4.78, 5) is 24.5. The van der Waals surface area contributed by atoms with Crippen LogP contribution < -0.4 is 4.74 Å². The molecule has 0 saturated carbocycles. The molecule has 0 N–H and O–H groups in total. The molecule has 5 heteroatoms. The second-order valence-electron chi connectivity index (χ2n) is 4.00. The van der Waals surface area contributed by atoms with Gasteiger partial charge in [-0.1, -0.05) is 23.9 Å². The van der Waals surface area contributed by atoms with Gasteiger partial charge in [0.2, 0.25) is 0 Å². The number of benzene rings is 1. The third-order valence-corrected chi connectivity index (χ3v) is 3.62. The summed E-state index contributed by atoms with van der Waals surface area (Å²) < 4.78 is 5.58. The van der Waals surface area contributed by atoms with Crippen LogP contribution in [0.15, 0.2) is 24.3 Å². The molecule has 1 aromatic carbocycles. The maximum Gasteiger partial charge on any atom is 0.281 e. The van der Waals surface area contributed by atoms with Gasteiger partial charge in [0.1, 0.15) is 12.4 Å². The molecule has 1 fully saturated rings. The minimum Gasteiger partial charge on any atom is -0.491 e. The van der Waals surface area contributed by atoms with Crippen molar-refractivity contribution in [2.24, 2.45) is 0 Å². The number of rotatable bonds is 5. The molecule has 2 rings (SSSR count). The highest BCUT2D eigenvalue weighted by Crippen LogP contribution is 2.19. The van der Waals surface area contributed by atoms with Crippen LogP contribution in [0.3, 0.4) is 0 Å². The quantitative estimate of drug-likeness (QED) is 0.767. The molecule has 0 aliphatic carbocycles. The zero-order valence-corrected chi connectivity index (χ0v) is 11.0. The summed E-state index contributed by atoms with van der Waals surface area (Å²) in [5.74, 6) is 1.42. The molecular weight excluding hydrogens is 250 g/mol. The van der Waals surface area contributed by atoms with Crippen molar-refractivity contribution in [3.8, 4) is 5.75 Å². The molecule has 1 heterocycles. The van der Waals surface area contributed by atoms with Crippen molar-refractivity contribution in [1.82, 2.24) is 4.90 Å². The van der Waals surface area contributed by atoms with Gasteiger partial charge in [-0.15, -0.1) is 0 Å². The van der Waals surface area contributed by atoms with Crippen LogP contribution in [0, 0.1) is 0 Å². The number of amides is 1. The highest BCUT2D eigenvalue weighted by molar-refractivity contribution is 8.13. The predicted molar refractivity (Wildman–Crippen MR) is 71.4 cm³/mol. The van der Waals surface area contributed by atoms with E-state index >= 15 is 0 Å². The van der Waals surface area contributed by atoms with Gasteiger partial charge in [0.25, 0.3) is 5.24 Å². The van der Waals surface area contributed by atoms with Gasteiger partial charge >= 0.3 is 0 Å². The Morgan fingerprint density at radius 3 is 2.89 bits per heavy atom. The number of carbonyl (C=O) groups excluding carboxylic acids is 2. The van der Waals surface area contributed by atoms with Crippen LogP contribution in [0.25, 0.3) is 0 Å². The van der Waals surface area contributed by atoms with Gasteiger partial charge in [0.05, 0.1) is 12.1 Å². The van der Waals surface area contributed by atoms with Crippen LogP contribution >= 0.6 is 11.8 Å². The Balaban J connectivity index is 1.90. The van der Waals surface area contributed by atoms with Gasteiger partial charge in [-0.3, -0.25) is 9.59 Å². The van der Waals surface area contributed by atoms with Crippen LogP contribution in [-0.2, 0) is 0 Å². The number of hydrogen-bond acceptors (Lipinski definition) is 4.